The second-order valence-electron chi connectivity index (χ2n) is 5.40. The summed E-state index contributed by atoms with van der Waals surface area (Å²) in [7, 11) is 0. The SMILES string of the molecule is O=C(COc1ccccc1-c1ccccc1)N1CC[NH2+]CC1. The number of ether oxygens (including phenoxy) is 1. The lowest BCUT2D eigenvalue weighted by Crippen LogP contribution is -2.90. The maximum absolute atomic E-state index is 12.2. The molecule has 4 heteroatoms. The van der Waals surface area contributed by atoms with Gasteiger partial charge in [0.1, 0.15) is 5.75 Å². The lowest BCUT2D eigenvalue weighted by atomic mass is 10.1. The Morgan fingerprint density at radius 2 is 1.68 bits per heavy atom. The summed E-state index contributed by atoms with van der Waals surface area (Å²) in [6, 6.07) is 17.9. The summed E-state index contributed by atoms with van der Waals surface area (Å²) >= 11 is 0. The van der Waals surface area contributed by atoms with Gasteiger partial charge in [0.15, 0.2) is 6.61 Å². The van der Waals surface area contributed by atoms with Gasteiger partial charge in [-0.2, -0.15) is 0 Å². The number of hydrogen-bond acceptors (Lipinski definition) is 2. The van der Waals surface area contributed by atoms with E-state index in [1.807, 2.05) is 59.5 Å². The van der Waals surface area contributed by atoms with Gasteiger partial charge < -0.3 is 15.0 Å². The first-order valence-electron chi connectivity index (χ1n) is 7.71. The standard InChI is InChI=1S/C18H20N2O2/c21-18(20-12-10-19-11-13-20)14-22-17-9-5-4-8-16(17)15-6-2-1-3-7-15/h1-9,19H,10-14H2/p+1. The topological polar surface area (TPSA) is 46.1 Å². The van der Waals surface area contributed by atoms with Gasteiger partial charge in [0.2, 0.25) is 0 Å². The zero-order valence-corrected chi connectivity index (χ0v) is 12.6. The number of piperazine rings is 1. The highest BCUT2D eigenvalue weighted by Crippen LogP contribution is 2.29. The van der Waals surface area contributed by atoms with Crippen molar-refractivity contribution in [3.05, 3.63) is 54.6 Å². The van der Waals surface area contributed by atoms with Crippen LogP contribution in [0.5, 0.6) is 5.75 Å². The average molecular weight is 297 g/mol. The van der Waals surface area contributed by atoms with E-state index in [1.165, 1.54) is 0 Å². The quantitative estimate of drug-likeness (QED) is 0.920. The Bertz CT molecular complexity index is 622. The molecule has 0 aromatic heterocycles. The van der Waals surface area contributed by atoms with Gasteiger partial charge in [-0.1, -0.05) is 48.5 Å². The third kappa shape index (κ3) is 3.46. The Balaban J connectivity index is 1.69. The number of hydrogen-bond donors (Lipinski definition) is 1. The van der Waals surface area contributed by atoms with Crippen molar-refractivity contribution < 1.29 is 14.8 Å². The third-order valence-electron chi connectivity index (χ3n) is 3.88. The van der Waals surface area contributed by atoms with E-state index >= 15 is 0 Å². The Labute approximate surface area is 130 Å². The fourth-order valence-electron chi connectivity index (χ4n) is 2.68. The molecule has 1 heterocycles. The Morgan fingerprint density at radius 3 is 2.45 bits per heavy atom. The molecule has 0 saturated carbocycles. The Hall–Kier alpha value is -2.33. The smallest absolute Gasteiger partial charge is 0.260 e. The van der Waals surface area contributed by atoms with E-state index in [0.29, 0.717) is 0 Å². The molecule has 1 saturated heterocycles. The van der Waals surface area contributed by atoms with Crippen molar-refractivity contribution in [1.29, 1.82) is 0 Å². The first kappa shape index (κ1) is 14.6. The van der Waals surface area contributed by atoms with Crippen LogP contribution in [0.25, 0.3) is 11.1 Å². The first-order valence-corrected chi connectivity index (χ1v) is 7.71. The molecule has 0 spiro atoms. The molecule has 0 bridgehead atoms. The number of rotatable bonds is 4. The average Bonchev–Trinajstić information content (AvgIpc) is 2.61. The summed E-state index contributed by atoms with van der Waals surface area (Å²) in [6.07, 6.45) is 0. The van der Waals surface area contributed by atoms with Crippen LogP contribution in [0.2, 0.25) is 0 Å². The highest BCUT2D eigenvalue weighted by Gasteiger charge is 2.18. The van der Waals surface area contributed by atoms with Crippen LogP contribution in [0.15, 0.2) is 54.6 Å². The molecule has 1 fully saturated rings. The summed E-state index contributed by atoms with van der Waals surface area (Å²) in [6.45, 7) is 3.67. The highest BCUT2D eigenvalue weighted by atomic mass is 16.5. The lowest BCUT2D eigenvalue weighted by Gasteiger charge is -2.25. The van der Waals surface area contributed by atoms with Gasteiger partial charge in [0.25, 0.3) is 5.91 Å². The molecule has 1 aliphatic heterocycles. The summed E-state index contributed by atoms with van der Waals surface area (Å²) in [5, 5.41) is 2.23. The second kappa shape index (κ2) is 7.09. The minimum atomic E-state index is 0.0657. The predicted octanol–water partition coefficient (Wildman–Crippen LogP) is 1.14. The van der Waals surface area contributed by atoms with Crippen molar-refractivity contribution in [3.8, 4) is 16.9 Å². The summed E-state index contributed by atoms with van der Waals surface area (Å²) in [5.41, 5.74) is 2.11. The second-order valence-corrected chi connectivity index (χ2v) is 5.40. The van der Waals surface area contributed by atoms with Crippen molar-refractivity contribution in [2.45, 2.75) is 0 Å². The van der Waals surface area contributed by atoms with Crippen LogP contribution in [-0.4, -0.2) is 43.6 Å². The van der Waals surface area contributed by atoms with Crippen LogP contribution >= 0.6 is 0 Å². The van der Waals surface area contributed by atoms with Gasteiger partial charge in [-0.3, -0.25) is 4.79 Å². The van der Waals surface area contributed by atoms with Gasteiger partial charge in [-0.05, 0) is 11.6 Å². The van der Waals surface area contributed by atoms with Gasteiger partial charge in [-0.15, -0.1) is 0 Å². The number of carbonyl (C=O) groups is 1. The molecule has 1 amide bonds. The van der Waals surface area contributed by atoms with Gasteiger partial charge in [0, 0.05) is 5.56 Å². The molecular formula is C18H21N2O2+. The summed E-state index contributed by atoms with van der Waals surface area (Å²) in [5.74, 6) is 0.821. The van der Waals surface area contributed by atoms with Crippen molar-refractivity contribution in [1.82, 2.24) is 4.90 Å². The van der Waals surface area contributed by atoms with E-state index in [1.54, 1.807) is 0 Å². The molecule has 2 aromatic rings. The molecule has 0 radical (unpaired) electrons. The van der Waals surface area contributed by atoms with Crippen molar-refractivity contribution >= 4 is 5.91 Å². The van der Waals surface area contributed by atoms with Crippen LogP contribution in [0.4, 0.5) is 0 Å². The van der Waals surface area contributed by atoms with E-state index in [4.69, 9.17) is 4.74 Å². The molecule has 1 aliphatic rings. The van der Waals surface area contributed by atoms with E-state index in [-0.39, 0.29) is 12.5 Å². The number of para-hydroxylation sites is 1. The molecule has 0 atom stereocenters. The molecule has 3 rings (SSSR count). The molecule has 2 N–H and O–H groups in total. The predicted molar refractivity (Wildman–Crippen MR) is 85.6 cm³/mol. The maximum Gasteiger partial charge on any atom is 0.260 e. The van der Waals surface area contributed by atoms with E-state index in [0.717, 1.165) is 43.1 Å². The number of nitrogens with two attached hydrogens (primary N) is 1. The zero-order valence-electron chi connectivity index (χ0n) is 12.6. The zero-order chi connectivity index (χ0) is 15.2. The number of amides is 1. The van der Waals surface area contributed by atoms with E-state index < -0.39 is 0 Å². The Kier molecular flexibility index (Phi) is 4.71. The van der Waals surface area contributed by atoms with Crippen molar-refractivity contribution in [3.63, 3.8) is 0 Å². The van der Waals surface area contributed by atoms with Gasteiger partial charge in [0.05, 0.1) is 26.2 Å². The monoisotopic (exact) mass is 297 g/mol. The van der Waals surface area contributed by atoms with E-state index in [2.05, 4.69) is 5.32 Å². The molecule has 0 aliphatic carbocycles. The van der Waals surface area contributed by atoms with Crippen LogP contribution < -0.4 is 10.1 Å². The number of benzene rings is 2. The van der Waals surface area contributed by atoms with Gasteiger partial charge >= 0.3 is 0 Å². The minimum Gasteiger partial charge on any atom is -0.483 e. The maximum atomic E-state index is 12.2. The van der Waals surface area contributed by atoms with Crippen molar-refractivity contribution in [2.75, 3.05) is 32.8 Å². The summed E-state index contributed by atoms with van der Waals surface area (Å²) in [4.78, 5) is 14.1. The molecule has 22 heavy (non-hydrogen) atoms. The number of nitrogens with zero attached hydrogens (tertiary/aromatic N) is 1. The minimum absolute atomic E-state index is 0.0657. The molecule has 114 valence electrons. The molecule has 2 aromatic carbocycles. The first-order chi connectivity index (χ1) is 10.8. The largest absolute Gasteiger partial charge is 0.483 e. The lowest BCUT2D eigenvalue weighted by molar-refractivity contribution is -0.662. The van der Waals surface area contributed by atoms with Crippen molar-refractivity contribution in [2.24, 2.45) is 0 Å². The van der Waals surface area contributed by atoms with E-state index in [9.17, 15) is 4.79 Å². The normalized spacial score (nSPS) is 14.6. The van der Waals surface area contributed by atoms with Crippen LogP contribution in [-0.2, 0) is 4.79 Å². The molecule has 0 unspecified atom stereocenters. The van der Waals surface area contributed by atoms with Gasteiger partial charge in [-0.25, -0.2) is 0 Å². The summed E-state index contributed by atoms with van der Waals surface area (Å²) < 4.78 is 5.81. The fourth-order valence-corrected chi connectivity index (χ4v) is 2.68. The van der Waals surface area contributed by atoms with Crippen LogP contribution in [0.3, 0.4) is 0 Å². The highest BCUT2D eigenvalue weighted by molar-refractivity contribution is 5.78. The Morgan fingerprint density at radius 1 is 1.00 bits per heavy atom. The third-order valence-corrected chi connectivity index (χ3v) is 3.88. The fraction of sp³-hybridized carbons (Fsp3) is 0.278. The molecule has 4 nitrogen and oxygen atoms in total. The molecular weight excluding hydrogens is 276 g/mol. The number of carbonyl (C=O) groups excluding carboxylic acids is 1. The van der Waals surface area contributed by atoms with Crippen LogP contribution in [0.1, 0.15) is 0 Å². The number of quaternary nitrogens is 1. The van der Waals surface area contributed by atoms with Crippen LogP contribution in [0, 0.1) is 0 Å².